The van der Waals surface area contributed by atoms with Crippen molar-refractivity contribution in [3.05, 3.63) is 157 Å². The largest absolute Gasteiger partial charge is 0.0622 e. The van der Waals surface area contributed by atoms with Crippen molar-refractivity contribution < 1.29 is 0 Å². The molecule has 44 heavy (non-hydrogen) atoms. The van der Waals surface area contributed by atoms with Crippen LogP contribution in [0.5, 0.6) is 0 Å². The van der Waals surface area contributed by atoms with Crippen molar-refractivity contribution in [1.29, 1.82) is 0 Å². The second-order valence-corrected chi connectivity index (χ2v) is 12.2. The first-order chi connectivity index (χ1) is 21.7. The molecule has 206 valence electrons. The summed E-state index contributed by atoms with van der Waals surface area (Å²) < 4.78 is 0. The van der Waals surface area contributed by atoms with E-state index < -0.39 is 0 Å². The molecule has 0 bridgehead atoms. The molecule has 9 rings (SSSR count). The summed E-state index contributed by atoms with van der Waals surface area (Å²) in [5.41, 5.74) is 10.3. The van der Waals surface area contributed by atoms with E-state index in [1.807, 2.05) is 0 Å². The van der Waals surface area contributed by atoms with E-state index in [4.69, 9.17) is 0 Å². The zero-order valence-electron chi connectivity index (χ0n) is 24.9. The van der Waals surface area contributed by atoms with Gasteiger partial charge in [-0.1, -0.05) is 133 Å². The number of benzene rings is 9. The number of aryl methyl sites for hydroxylation is 2. The first-order valence-corrected chi connectivity index (χ1v) is 15.4. The predicted molar refractivity (Wildman–Crippen MR) is 191 cm³/mol. The molecule has 0 spiro atoms. The number of fused-ring (bicyclic) bond motifs is 3. The molecule has 0 unspecified atom stereocenters. The van der Waals surface area contributed by atoms with Gasteiger partial charge in [0.15, 0.2) is 0 Å². The average Bonchev–Trinajstić information content (AvgIpc) is 3.08. The Balaban J connectivity index is 1.37. The Morgan fingerprint density at radius 2 is 0.841 bits per heavy atom. The number of rotatable bonds is 3. The summed E-state index contributed by atoms with van der Waals surface area (Å²) in [7, 11) is 0. The highest BCUT2D eigenvalue weighted by atomic mass is 14.2. The maximum atomic E-state index is 2.38. The number of hydrogen-bond donors (Lipinski definition) is 0. The van der Waals surface area contributed by atoms with Gasteiger partial charge in [0.25, 0.3) is 0 Å². The highest BCUT2D eigenvalue weighted by Gasteiger charge is 2.19. The van der Waals surface area contributed by atoms with Gasteiger partial charge in [0, 0.05) is 0 Å². The third kappa shape index (κ3) is 3.64. The Hall–Kier alpha value is -5.46. The lowest BCUT2D eigenvalue weighted by Gasteiger charge is -2.20. The van der Waals surface area contributed by atoms with Crippen molar-refractivity contribution >= 4 is 53.9 Å². The monoisotopic (exact) mass is 558 g/mol. The van der Waals surface area contributed by atoms with Crippen LogP contribution < -0.4 is 0 Å². The lowest BCUT2D eigenvalue weighted by atomic mass is 9.84. The fourth-order valence-electron chi connectivity index (χ4n) is 7.43. The topological polar surface area (TPSA) is 0 Å². The van der Waals surface area contributed by atoms with Gasteiger partial charge in [-0.05, 0) is 124 Å². The second kappa shape index (κ2) is 9.53. The summed E-state index contributed by atoms with van der Waals surface area (Å²) in [5, 5.41) is 13.1. The van der Waals surface area contributed by atoms with Gasteiger partial charge in [-0.25, -0.2) is 0 Å². The Bertz CT molecular complexity index is 2530. The molecule has 0 heteroatoms. The van der Waals surface area contributed by atoms with E-state index in [-0.39, 0.29) is 0 Å². The molecule has 0 nitrogen and oxygen atoms in total. The molecule has 0 aliphatic heterocycles. The second-order valence-electron chi connectivity index (χ2n) is 12.2. The molecule has 0 saturated carbocycles. The van der Waals surface area contributed by atoms with E-state index in [1.54, 1.807) is 0 Å². The van der Waals surface area contributed by atoms with E-state index in [9.17, 15) is 0 Å². The molecule has 9 aromatic rings. The van der Waals surface area contributed by atoms with Crippen LogP contribution in [0.1, 0.15) is 11.1 Å². The summed E-state index contributed by atoms with van der Waals surface area (Å²) in [4.78, 5) is 0. The third-order valence-corrected chi connectivity index (χ3v) is 9.74. The van der Waals surface area contributed by atoms with Gasteiger partial charge >= 0.3 is 0 Å². The van der Waals surface area contributed by atoms with Crippen molar-refractivity contribution in [3.63, 3.8) is 0 Å². The van der Waals surface area contributed by atoms with Crippen LogP contribution in [0.15, 0.2) is 146 Å². The van der Waals surface area contributed by atoms with Crippen molar-refractivity contribution in [3.8, 4) is 33.4 Å². The molecule has 9 aromatic carbocycles. The van der Waals surface area contributed by atoms with Gasteiger partial charge in [0.05, 0.1) is 0 Å². The summed E-state index contributed by atoms with van der Waals surface area (Å²) in [6, 6.07) is 54.2. The predicted octanol–water partition coefficient (Wildman–Crippen LogP) is 12.5. The molecule has 0 aliphatic rings. The summed E-state index contributed by atoms with van der Waals surface area (Å²) in [6.07, 6.45) is 0. The fourth-order valence-corrected chi connectivity index (χ4v) is 7.43. The van der Waals surface area contributed by atoms with Crippen LogP contribution >= 0.6 is 0 Å². The fraction of sp³-hybridized carbons (Fsp3) is 0.0455. The Morgan fingerprint density at radius 3 is 1.50 bits per heavy atom. The molecule has 0 heterocycles. The molecular weight excluding hydrogens is 528 g/mol. The van der Waals surface area contributed by atoms with E-state index in [1.165, 1.54) is 98.4 Å². The van der Waals surface area contributed by atoms with Gasteiger partial charge in [-0.2, -0.15) is 0 Å². The normalized spacial score (nSPS) is 11.9. The number of hydrogen-bond acceptors (Lipinski definition) is 0. The molecule has 0 aliphatic carbocycles. The Kier molecular flexibility index (Phi) is 5.43. The van der Waals surface area contributed by atoms with E-state index >= 15 is 0 Å². The van der Waals surface area contributed by atoms with Crippen LogP contribution in [0.4, 0.5) is 0 Å². The van der Waals surface area contributed by atoms with Gasteiger partial charge in [0.2, 0.25) is 0 Å². The highest BCUT2D eigenvalue weighted by molar-refractivity contribution is 6.35. The molecule has 0 fully saturated rings. The van der Waals surface area contributed by atoms with Crippen LogP contribution in [0.3, 0.4) is 0 Å². The van der Waals surface area contributed by atoms with Crippen LogP contribution in [-0.2, 0) is 0 Å². The summed E-state index contributed by atoms with van der Waals surface area (Å²) in [5.74, 6) is 0. The van der Waals surface area contributed by atoms with Gasteiger partial charge in [-0.15, -0.1) is 0 Å². The third-order valence-electron chi connectivity index (χ3n) is 9.74. The van der Waals surface area contributed by atoms with Gasteiger partial charge < -0.3 is 0 Å². The van der Waals surface area contributed by atoms with Gasteiger partial charge in [-0.3, -0.25) is 0 Å². The lowest BCUT2D eigenvalue weighted by molar-refractivity contribution is 1.34. The van der Waals surface area contributed by atoms with Crippen molar-refractivity contribution in [2.75, 3.05) is 0 Å². The minimum absolute atomic E-state index is 1.24. The van der Waals surface area contributed by atoms with Crippen LogP contribution in [0.25, 0.3) is 87.2 Å². The first kappa shape index (κ1) is 25.1. The van der Waals surface area contributed by atoms with E-state index in [2.05, 4.69) is 159 Å². The minimum Gasteiger partial charge on any atom is -0.0622 e. The summed E-state index contributed by atoms with van der Waals surface area (Å²) >= 11 is 0. The maximum Gasteiger partial charge on any atom is -0.00201 e. The standard InChI is InChI=1S/C44H30/c1-27-18-19-32(24-28(27)2)33-20-22-39-38-17-9-15-36-34(21-23-40(44(36)38)37-16-8-14-35(33)43(37)39)42-26-31-13-7-6-12-30(31)25-41(42)29-10-4-3-5-11-29/h3-26H,1-2H3. The van der Waals surface area contributed by atoms with E-state index in [0.29, 0.717) is 0 Å². The molecule has 0 N–H and O–H groups in total. The Morgan fingerprint density at radius 1 is 0.295 bits per heavy atom. The molecular formula is C44H30. The molecule has 0 atom stereocenters. The molecule has 0 radical (unpaired) electrons. The van der Waals surface area contributed by atoms with Gasteiger partial charge in [0.1, 0.15) is 0 Å². The minimum atomic E-state index is 1.24. The van der Waals surface area contributed by atoms with Crippen LogP contribution in [-0.4, -0.2) is 0 Å². The first-order valence-electron chi connectivity index (χ1n) is 15.4. The lowest BCUT2D eigenvalue weighted by Crippen LogP contribution is -1.92. The molecule has 0 aromatic heterocycles. The Labute approximate surface area is 257 Å². The van der Waals surface area contributed by atoms with Crippen molar-refractivity contribution in [1.82, 2.24) is 0 Å². The average molecular weight is 559 g/mol. The van der Waals surface area contributed by atoms with Crippen molar-refractivity contribution in [2.24, 2.45) is 0 Å². The maximum absolute atomic E-state index is 2.38. The quantitative estimate of drug-likeness (QED) is 0.149. The SMILES string of the molecule is Cc1ccc(-c2ccc3c4cccc5c(-c6cc7ccccc7cc6-c6ccccc6)ccc(c6cccc2c36)c54)cc1C. The highest BCUT2D eigenvalue weighted by Crippen LogP contribution is 2.46. The van der Waals surface area contributed by atoms with Crippen LogP contribution in [0.2, 0.25) is 0 Å². The van der Waals surface area contributed by atoms with Crippen LogP contribution in [0, 0.1) is 13.8 Å². The molecule has 0 saturated heterocycles. The summed E-state index contributed by atoms with van der Waals surface area (Å²) in [6.45, 7) is 4.39. The zero-order valence-corrected chi connectivity index (χ0v) is 24.9. The molecule has 0 amide bonds. The van der Waals surface area contributed by atoms with E-state index in [0.717, 1.165) is 0 Å². The smallest absolute Gasteiger partial charge is 0.00201 e. The zero-order chi connectivity index (χ0) is 29.4. The van der Waals surface area contributed by atoms with Crippen molar-refractivity contribution in [2.45, 2.75) is 13.8 Å².